The van der Waals surface area contributed by atoms with Crippen molar-refractivity contribution in [1.82, 2.24) is 9.88 Å². The predicted molar refractivity (Wildman–Crippen MR) is 128 cm³/mol. The number of benzene rings is 1. The Morgan fingerprint density at radius 2 is 1.94 bits per heavy atom. The van der Waals surface area contributed by atoms with Crippen LogP contribution in [-0.2, 0) is 29.4 Å². The maximum absolute atomic E-state index is 13.2. The fraction of sp³-hybridized carbons (Fsp3) is 0.500. The number of nitrogens with zero attached hydrogens (tertiary/aromatic N) is 1. The molecule has 1 fully saturated rings. The van der Waals surface area contributed by atoms with Crippen molar-refractivity contribution in [3.8, 4) is 5.75 Å². The Kier molecular flexibility index (Phi) is 5.07. The van der Waals surface area contributed by atoms with Gasteiger partial charge in [0.25, 0.3) is 11.5 Å². The van der Waals surface area contributed by atoms with Gasteiger partial charge in [0.2, 0.25) is 0 Å². The van der Waals surface area contributed by atoms with Gasteiger partial charge in [0.1, 0.15) is 16.9 Å². The standard InChI is InChI=1S/C26H31N3O6/c1-24(2,3)35-23(32)29-8-7-25-13-19-15(9-17(21(27)30)22(31)28-19)12-26(25,33)20(29)10-14-5-6-16(34-4)11-18(14)25/h5-6,9,11,20,33H,7-8,10,12-13H2,1-4H3,(H2,27,30)(H,28,31)/t20-,25-,26-/m1/s1. The van der Waals surface area contributed by atoms with E-state index < -0.39 is 40.2 Å². The van der Waals surface area contributed by atoms with E-state index in [1.54, 1.807) is 12.0 Å². The van der Waals surface area contributed by atoms with Gasteiger partial charge in [0, 0.05) is 30.5 Å². The zero-order chi connectivity index (χ0) is 25.3. The molecule has 0 saturated carbocycles. The molecule has 0 unspecified atom stereocenters. The Bertz CT molecular complexity index is 1290. The minimum Gasteiger partial charge on any atom is -0.497 e. The number of aromatic nitrogens is 1. The fourth-order valence-corrected chi connectivity index (χ4v) is 6.29. The van der Waals surface area contributed by atoms with Gasteiger partial charge in [-0.15, -0.1) is 0 Å². The summed E-state index contributed by atoms with van der Waals surface area (Å²) in [6, 6.07) is 6.75. The van der Waals surface area contributed by atoms with Crippen molar-refractivity contribution in [2.24, 2.45) is 5.73 Å². The molecule has 5 rings (SSSR count). The highest BCUT2D eigenvalue weighted by Gasteiger charge is 2.65. The molecule has 186 valence electrons. The number of carbonyl (C=O) groups excluding carboxylic acids is 2. The van der Waals surface area contributed by atoms with Crippen molar-refractivity contribution in [3.05, 3.63) is 62.6 Å². The lowest BCUT2D eigenvalue weighted by Gasteiger charge is -2.63. The molecule has 1 aliphatic heterocycles. The second-order valence-corrected chi connectivity index (χ2v) is 10.9. The first-order chi connectivity index (χ1) is 16.4. The van der Waals surface area contributed by atoms with E-state index in [2.05, 4.69) is 4.98 Å². The van der Waals surface area contributed by atoms with Crippen molar-refractivity contribution < 1.29 is 24.2 Å². The number of rotatable bonds is 2. The van der Waals surface area contributed by atoms with Gasteiger partial charge in [0.05, 0.1) is 18.8 Å². The Balaban J connectivity index is 1.70. The Hall–Kier alpha value is -3.33. The number of carbonyl (C=O) groups is 2. The molecule has 2 aliphatic carbocycles. The van der Waals surface area contributed by atoms with E-state index in [1.807, 2.05) is 39.0 Å². The minimum atomic E-state index is -1.36. The van der Waals surface area contributed by atoms with Crippen LogP contribution in [0.2, 0.25) is 0 Å². The second kappa shape index (κ2) is 7.58. The largest absolute Gasteiger partial charge is 0.497 e. The number of ether oxygens (including phenoxy) is 2. The molecule has 2 heterocycles. The molecule has 3 atom stereocenters. The topological polar surface area (TPSA) is 135 Å². The van der Waals surface area contributed by atoms with Gasteiger partial charge in [0.15, 0.2) is 0 Å². The zero-order valence-corrected chi connectivity index (χ0v) is 20.4. The van der Waals surface area contributed by atoms with Crippen LogP contribution >= 0.6 is 0 Å². The zero-order valence-electron chi connectivity index (χ0n) is 20.4. The summed E-state index contributed by atoms with van der Waals surface area (Å²) < 4.78 is 11.2. The number of methoxy groups -OCH3 is 1. The Labute approximate surface area is 203 Å². The summed E-state index contributed by atoms with van der Waals surface area (Å²) in [5, 5.41) is 12.5. The van der Waals surface area contributed by atoms with E-state index in [0.717, 1.165) is 11.1 Å². The predicted octanol–water partition coefficient (Wildman–Crippen LogP) is 1.82. The van der Waals surface area contributed by atoms with Crippen LogP contribution in [0, 0.1) is 0 Å². The van der Waals surface area contributed by atoms with E-state index in [9.17, 15) is 19.5 Å². The molecule has 35 heavy (non-hydrogen) atoms. The first-order valence-corrected chi connectivity index (χ1v) is 11.8. The van der Waals surface area contributed by atoms with Crippen molar-refractivity contribution in [3.63, 3.8) is 0 Å². The average molecular weight is 482 g/mol. The van der Waals surface area contributed by atoms with Gasteiger partial charge in [-0.3, -0.25) is 9.59 Å². The fourth-order valence-electron chi connectivity index (χ4n) is 6.29. The van der Waals surface area contributed by atoms with Crippen molar-refractivity contribution in [1.29, 1.82) is 0 Å². The first kappa shape index (κ1) is 23.4. The van der Waals surface area contributed by atoms with Crippen LogP contribution in [0.5, 0.6) is 5.75 Å². The summed E-state index contributed by atoms with van der Waals surface area (Å²) in [5.74, 6) is -0.146. The number of H-pyrrole nitrogens is 1. The molecule has 3 aliphatic rings. The summed E-state index contributed by atoms with van der Waals surface area (Å²) in [6.07, 6.45) is 0.953. The number of aliphatic hydroxyl groups is 1. The number of hydrogen-bond donors (Lipinski definition) is 3. The lowest BCUT2D eigenvalue weighted by Crippen LogP contribution is -2.75. The molecule has 1 saturated heterocycles. The van der Waals surface area contributed by atoms with Crippen LogP contribution in [0.1, 0.15) is 59.9 Å². The molecule has 9 heteroatoms. The third-order valence-corrected chi connectivity index (χ3v) is 7.83. The number of pyridine rings is 1. The highest BCUT2D eigenvalue weighted by atomic mass is 16.6. The van der Waals surface area contributed by atoms with Gasteiger partial charge in [-0.25, -0.2) is 4.79 Å². The summed E-state index contributed by atoms with van der Waals surface area (Å²) in [6.45, 7) is 5.84. The van der Waals surface area contributed by atoms with Crippen LogP contribution in [0.3, 0.4) is 0 Å². The van der Waals surface area contributed by atoms with Crippen LogP contribution in [0.4, 0.5) is 4.79 Å². The molecule has 2 amide bonds. The summed E-state index contributed by atoms with van der Waals surface area (Å²) in [4.78, 5) is 42.1. The van der Waals surface area contributed by atoms with E-state index in [1.165, 1.54) is 6.07 Å². The van der Waals surface area contributed by atoms with Crippen LogP contribution < -0.4 is 16.0 Å². The van der Waals surface area contributed by atoms with Crippen LogP contribution in [0.15, 0.2) is 29.1 Å². The molecule has 2 bridgehead atoms. The smallest absolute Gasteiger partial charge is 0.410 e. The third kappa shape index (κ3) is 3.43. The third-order valence-electron chi connectivity index (χ3n) is 7.83. The van der Waals surface area contributed by atoms with Crippen molar-refractivity contribution >= 4 is 12.0 Å². The van der Waals surface area contributed by atoms with Gasteiger partial charge in [-0.05, 0) is 68.5 Å². The highest BCUT2D eigenvalue weighted by Crippen LogP contribution is 2.57. The SMILES string of the molecule is COc1ccc2c(c1)[C@]13CCN(C(=O)OC(C)(C)C)[C@H](C2)[C@]1(O)Cc1cc(C(N)=O)c(=O)[nH]c1C3. The van der Waals surface area contributed by atoms with Gasteiger partial charge < -0.3 is 30.2 Å². The van der Waals surface area contributed by atoms with Crippen LogP contribution in [-0.4, -0.2) is 57.9 Å². The molecule has 1 aromatic carbocycles. The number of amides is 2. The van der Waals surface area contributed by atoms with Crippen LogP contribution in [0.25, 0.3) is 0 Å². The monoisotopic (exact) mass is 481 g/mol. The van der Waals surface area contributed by atoms with Gasteiger partial charge in [-0.1, -0.05) is 6.07 Å². The first-order valence-electron chi connectivity index (χ1n) is 11.8. The van der Waals surface area contributed by atoms with Gasteiger partial charge >= 0.3 is 6.09 Å². The Morgan fingerprint density at radius 1 is 1.20 bits per heavy atom. The molecule has 4 N–H and O–H groups in total. The minimum absolute atomic E-state index is 0.143. The molecule has 0 spiro atoms. The molecule has 2 aromatic rings. The van der Waals surface area contributed by atoms with E-state index in [-0.39, 0.29) is 12.0 Å². The van der Waals surface area contributed by atoms with E-state index >= 15 is 0 Å². The van der Waals surface area contributed by atoms with E-state index in [0.29, 0.717) is 42.8 Å². The maximum Gasteiger partial charge on any atom is 0.410 e. The Morgan fingerprint density at radius 3 is 2.60 bits per heavy atom. The number of nitrogens with two attached hydrogens (primary N) is 1. The van der Waals surface area contributed by atoms with Gasteiger partial charge in [-0.2, -0.15) is 0 Å². The summed E-state index contributed by atoms with van der Waals surface area (Å²) in [7, 11) is 1.60. The number of piperidine rings is 1. The number of fused-ring (bicyclic) bond motifs is 2. The van der Waals surface area contributed by atoms with Crippen molar-refractivity contribution in [2.75, 3.05) is 13.7 Å². The van der Waals surface area contributed by atoms with E-state index in [4.69, 9.17) is 15.2 Å². The second-order valence-electron chi connectivity index (χ2n) is 10.9. The number of likely N-dealkylation sites (tertiary alicyclic amines) is 1. The number of aromatic amines is 1. The number of primary amides is 1. The molecule has 0 radical (unpaired) electrons. The molecule has 1 aromatic heterocycles. The number of hydrogen-bond acceptors (Lipinski definition) is 6. The molecular weight excluding hydrogens is 450 g/mol. The quantitative estimate of drug-likeness (QED) is 0.599. The lowest BCUT2D eigenvalue weighted by atomic mass is 9.49. The normalized spacial score (nSPS) is 26.8. The lowest BCUT2D eigenvalue weighted by molar-refractivity contribution is -0.147. The highest BCUT2D eigenvalue weighted by molar-refractivity contribution is 5.92. The van der Waals surface area contributed by atoms with Crippen molar-refractivity contribution in [2.45, 2.75) is 69.1 Å². The molecule has 9 nitrogen and oxygen atoms in total. The maximum atomic E-state index is 13.2. The number of nitrogens with one attached hydrogen (secondary N) is 1. The molecular formula is C26H31N3O6. The summed E-state index contributed by atoms with van der Waals surface area (Å²) in [5.41, 5.74) is 5.24. The summed E-state index contributed by atoms with van der Waals surface area (Å²) >= 11 is 0. The average Bonchev–Trinajstić information content (AvgIpc) is 2.75.